The Morgan fingerprint density at radius 3 is 2.81 bits per heavy atom. The molecule has 0 radical (unpaired) electrons. The number of carbonyl (C=O) groups excluding carboxylic acids is 1. The number of hydrogen-bond donors (Lipinski definition) is 1. The van der Waals surface area contributed by atoms with Gasteiger partial charge in [0.1, 0.15) is 4.83 Å². The highest BCUT2D eigenvalue weighted by Gasteiger charge is 2.22. The third kappa shape index (κ3) is 4.91. The molecule has 3 aromatic heterocycles. The summed E-state index contributed by atoms with van der Waals surface area (Å²) in [6.07, 6.45) is 7.31. The van der Waals surface area contributed by atoms with Gasteiger partial charge in [0.25, 0.3) is 5.56 Å². The largest absolute Gasteiger partial charge is 0.408 e. The van der Waals surface area contributed by atoms with Gasteiger partial charge in [-0.3, -0.25) is 19.5 Å². The van der Waals surface area contributed by atoms with Gasteiger partial charge in [0.15, 0.2) is 5.16 Å². The Labute approximate surface area is 195 Å². The first-order valence-corrected chi connectivity index (χ1v) is 13.1. The van der Waals surface area contributed by atoms with E-state index in [0.29, 0.717) is 17.6 Å². The number of fused-ring (bicyclic) bond motifs is 3. The molecule has 0 spiro atoms. The lowest BCUT2D eigenvalue weighted by Crippen LogP contribution is -2.25. The number of nitrogens with zero attached hydrogens (tertiary/aromatic N) is 4. The van der Waals surface area contributed by atoms with Crippen molar-refractivity contribution < 1.29 is 9.21 Å². The molecule has 0 saturated heterocycles. The summed E-state index contributed by atoms with van der Waals surface area (Å²) in [4.78, 5) is 32.9. The van der Waals surface area contributed by atoms with E-state index in [1.54, 1.807) is 15.9 Å². The fourth-order valence-corrected chi connectivity index (χ4v) is 5.98. The molecule has 1 aliphatic rings. The first kappa shape index (κ1) is 23.0. The summed E-state index contributed by atoms with van der Waals surface area (Å²) in [6, 6.07) is 0.0916. The molecule has 1 N–H and O–H groups in total. The summed E-state index contributed by atoms with van der Waals surface area (Å²) < 4.78 is 7.21. The molecule has 0 fully saturated rings. The SMILES string of the molecule is CCCCCn1c(SCC(=O)Nc2nnc(C(C)C)o2)nc2sc3c(c2c1=O)CCCC3. The van der Waals surface area contributed by atoms with E-state index >= 15 is 0 Å². The molecule has 4 rings (SSSR count). The Balaban J connectivity index is 1.56. The number of thiophene rings is 1. The molecule has 0 saturated carbocycles. The first-order valence-electron chi connectivity index (χ1n) is 11.3. The average molecular weight is 476 g/mol. The molecular formula is C22H29N5O3S2. The van der Waals surface area contributed by atoms with Crippen molar-refractivity contribution in [2.45, 2.75) is 83.3 Å². The zero-order valence-corrected chi connectivity index (χ0v) is 20.4. The van der Waals surface area contributed by atoms with Crippen LogP contribution in [0.15, 0.2) is 14.4 Å². The minimum atomic E-state index is -0.270. The van der Waals surface area contributed by atoms with E-state index in [0.717, 1.165) is 48.7 Å². The number of aryl methyl sites for hydroxylation is 2. The number of carbonyl (C=O) groups is 1. The molecule has 8 nitrogen and oxygen atoms in total. The monoisotopic (exact) mass is 475 g/mol. The zero-order valence-electron chi connectivity index (χ0n) is 18.8. The Morgan fingerprint density at radius 1 is 1.25 bits per heavy atom. The Hall–Kier alpha value is -2.20. The minimum Gasteiger partial charge on any atom is -0.408 e. The van der Waals surface area contributed by atoms with Gasteiger partial charge in [-0.2, -0.15) is 0 Å². The van der Waals surface area contributed by atoms with Crippen molar-refractivity contribution in [3.05, 3.63) is 26.7 Å². The van der Waals surface area contributed by atoms with Crippen molar-refractivity contribution in [1.82, 2.24) is 19.7 Å². The highest BCUT2D eigenvalue weighted by molar-refractivity contribution is 7.99. The van der Waals surface area contributed by atoms with Gasteiger partial charge in [-0.25, -0.2) is 4.98 Å². The van der Waals surface area contributed by atoms with Crippen LogP contribution in [0.5, 0.6) is 0 Å². The van der Waals surface area contributed by atoms with E-state index in [9.17, 15) is 9.59 Å². The second-order valence-corrected chi connectivity index (χ2v) is 10.4. The molecule has 0 aliphatic heterocycles. The number of anilines is 1. The van der Waals surface area contributed by atoms with Crippen LogP contribution in [0.2, 0.25) is 0 Å². The lowest BCUT2D eigenvalue weighted by atomic mass is 9.97. The van der Waals surface area contributed by atoms with E-state index in [4.69, 9.17) is 9.40 Å². The van der Waals surface area contributed by atoms with E-state index in [-0.39, 0.29) is 29.2 Å². The maximum Gasteiger partial charge on any atom is 0.322 e. The Kier molecular flexibility index (Phi) is 7.30. The van der Waals surface area contributed by atoms with Crippen LogP contribution < -0.4 is 10.9 Å². The Bertz CT molecular complexity index is 1160. The minimum absolute atomic E-state index is 0.0342. The summed E-state index contributed by atoms with van der Waals surface area (Å²) in [5.74, 6) is 0.406. The summed E-state index contributed by atoms with van der Waals surface area (Å²) in [5.41, 5.74) is 1.23. The molecule has 3 heterocycles. The Morgan fingerprint density at radius 2 is 2.06 bits per heavy atom. The number of rotatable bonds is 9. The maximum absolute atomic E-state index is 13.5. The molecule has 3 aromatic rings. The molecule has 0 bridgehead atoms. The van der Waals surface area contributed by atoms with Crippen LogP contribution in [-0.2, 0) is 24.2 Å². The van der Waals surface area contributed by atoms with Gasteiger partial charge < -0.3 is 4.42 Å². The lowest BCUT2D eigenvalue weighted by molar-refractivity contribution is -0.113. The van der Waals surface area contributed by atoms with Crippen LogP contribution in [0.3, 0.4) is 0 Å². The standard InChI is InChI=1S/C22H29N5O3S2/c1-4-5-8-11-27-20(29)17-14-9-6-7-10-15(14)32-19(17)24-22(27)31-12-16(28)23-21-26-25-18(30-21)13(2)3/h13H,4-12H2,1-3H3,(H,23,26,28). The van der Waals surface area contributed by atoms with E-state index in [2.05, 4.69) is 22.4 Å². The molecular weight excluding hydrogens is 446 g/mol. The van der Waals surface area contributed by atoms with Gasteiger partial charge in [-0.05, 0) is 37.7 Å². The highest BCUT2D eigenvalue weighted by atomic mass is 32.2. The normalized spacial score (nSPS) is 13.6. The molecule has 1 amide bonds. The fourth-order valence-electron chi connectivity index (χ4n) is 3.85. The lowest BCUT2D eigenvalue weighted by Gasteiger charge is -2.13. The van der Waals surface area contributed by atoms with E-state index in [1.807, 2.05) is 13.8 Å². The van der Waals surface area contributed by atoms with Crippen LogP contribution in [-0.4, -0.2) is 31.4 Å². The van der Waals surface area contributed by atoms with E-state index < -0.39 is 0 Å². The molecule has 172 valence electrons. The summed E-state index contributed by atoms with van der Waals surface area (Å²) in [5, 5.41) is 11.8. The molecule has 0 aromatic carbocycles. The third-order valence-corrected chi connectivity index (χ3v) is 7.70. The van der Waals surface area contributed by atoms with Crippen LogP contribution in [0.25, 0.3) is 10.2 Å². The average Bonchev–Trinajstić information content (AvgIpc) is 3.38. The van der Waals surface area contributed by atoms with Crippen molar-refractivity contribution >= 4 is 45.2 Å². The summed E-state index contributed by atoms with van der Waals surface area (Å²) >= 11 is 2.91. The number of amides is 1. The van der Waals surface area contributed by atoms with Crippen LogP contribution in [0.4, 0.5) is 6.01 Å². The number of aromatic nitrogens is 4. The van der Waals surface area contributed by atoms with Crippen molar-refractivity contribution in [2.75, 3.05) is 11.1 Å². The van der Waals surface area contributed by atoms with Crippen molar-refractivity contribution in [1.29, 1.82) is 0 Å². The first-order chi connectivity index (χ1) is 15.5. The fraction of sp³-hybridized carbons (Fsp3) is 0.591. The van der Waals surface area contributed by atoms with Crippen molar-refractivity contribution in [2.24, 2.45) is 0 Å². The van der Waals surface area contributed by atoms with Gasteiger partial charge >= 0.3 is 6.01 Å². The van der Waals surface area contributed by atoms with Gasteiger partial charge in [-0.1, -0.05) is 50.5 Å². The summed E-state index contributed by atoms with van der Waals surface area (Å²) in [6.45, 7) is 6.64. The number of nitrogens with one attached hydrogen (secondary N) is 1. The van der Waals surface area contributed by atoms with Gasteiger partial charge in [-0.15, -0.1) is 16.4 Å². The predicted molar refractivity (Wildman–Crippen MR) is 128 cm³/mol. The molecule has 0 atom stereocenters. The number of hydrogen-bond acceptors (Lipinski definition) is 8. The number of thioether (sulfide) groups is 1. The number of unbranched alkanes of at least 4 members (excludes halogenated alkanes) is 2. The second kappa shape index (κ2) is 10.2. The second-order valence-electron chi connectivity index (χ2n) is 8.39. The molecule has 0 unspecified atom stereocenters. The maximum atomic E-state index is 13.5. The van der Waals surface area contributed by atoms with Gasteiger partial charge in [0.2, 0.25) is 11.8 Å². The zero-order chi connectivity index (χ0) is 22.7. The van der Waals surface area contributed by atoms with Gasteiger partial charge in [0, 0.05) is 17.3 Å². The van der Waals surface area contributed by atoms with Crippen molar-refractivity contribution in [3.8, 4) is 0 Å². The van der Waals surface area contributed by atoms with Crippen LogP contribution >= 0.6 is 23.1 Å². The third-order valence-electron chi connectivity index (χ3n) is 5.54. The smallest absolute Gasteiger partial charge is 0.322 e. The van der Waals surface area contributed by atoms with Crippen molar-refractivity contribution in [3.63, 3.8) is 0 Å². The topological polar surface area (TPSA) is 103 Å². The quantitative estimate of drug-likeness (QED) is 0.270. The molecule has 32 heavy (non-hydrogen) atoms. The summed E-state index contributed by atoms with van der Waals surface area (Å²) in [7, 11) is 0. The highest BCUT2D eigenvalue weighted by Crippen LogP contribution is 2.34. The van der Waals surface area contributed by atoms with E-state index in [1.165, 1.54) is 28.6 Å². The predicted octanol–water partition coefficient (Wildman–Crippen LogP) is 4.76. The van der Waals surface area contributed by atoms with Crippen LogP contribution in [0.1, 0.15) is 75.1 Å². The van der Waals surface area contributed by atoms with Gasteiger partial charge in [0.05, 0.1) is 11.1 Å². The molecule has 10 heteroatoms. The molecule has 1 aliphatic carbocycles. The van der Waals surface area contributed by atoms with Crippen LogP contribution in [0, 0.1) is 0 Å².